The highest BCUT2D eigenvalue weighted by Crippen LogP contribution is 2.15. The topological polar surface area (TPSA) is 57.5 Å². The van der Waals surface area contributed by atoms with Gasteiger partial charge in [-0.15, -0.1) is 0 Å². The van der Waals surface area contributed by atoms with E-state index in [-0.39, 0.29) is 12.5 Å². The van der Waals surface area contributed by atoms with Gasteiger partial charge < -0.3 is 14.7 Å². The van der Waals surface area contributed by atoms with Crippen LogP contribution < -0.4 is 0 Å². The lowest BCUT2D eigenvalue weighted by Crippen LogP contribution is -2.46. The molecule has 174 valence electrons. The molecule has 0 aliphatic rings. The van der Waals surface area contributed by atoms with Crippen LogP contribution in [0.25, 0.3) is 0 Å². The van der Waals surface area contributed by atoms with Gasteiger partial charge in [-0.3, -0.25) is 4.79 Å². The molecule has 0 saturated carbocycles. The summed E-state index contributed by atoms with van der Waals surface area (Å²) in [7, 11) is 4.00. The number of carboxylic acids is 1. The first-order valence-electron chi connectivity index (χ1n) is 12.6. The van der Waals surface area contributed by atoms with E-state index in [1.165, 1.54) is 96.3 Å². The standard InChI is InChI=1S/C25H51NO3/c1-4-5-6-7-8-9-10-11-12-13-14-15-16-17-18-19-20-24(27)23-26(2,3)22-21-25(28)29/h24,27H,4-23H2,1-3H3/p+1. The maximum absolute atomic E-state index is 10.7. The van der Waals surface area contributed by atoms with Crippen LogP contribution in [0.15, 0.2) is 0 Å². The Morgan fingerprint density at radius 2 is 1.10 bits per heavy atom. The lowest BCUT2D eigenvalue weighted by molar-refractivity contribution is -0.892. The molecule has 0 saturated heterocycles. The van der Waals surface area contributed by atoms with Crippen molar-refractivity contribution < 1.29 is 19.5 Å². The molecule has 0 aromatic carbocycles. The van der Waals surface area contributed by atoms with Gasteiger partial charge in [0, 0.05) is 0 Å². The van der Waals surface area contributed by atoms with Crippen LogP contribution in [0.2, 0.25) is 0 Å². The highest BCUT2D eigenvalue weighted by molar-refractivity contribution is 5.66. The predicted molar refractivity (Wildman–Crippen MR) is 124 cm³/mol. The fourth-order valence-corrected chi connectivity index (χ4v) is 4.08. The van der Waals surface area contributed by atoms with Crippen molar-refractivity contribution in [3.05, 3.63) is 0 Å². The van der Waals surface area contributed by atoms with E-state index < -0.39 is 5.97 Å². The number of aliphatic carboxylic acids is 1. The normalized spacial score (nSPS) is 13.0. The largest absolute Gasteiger partial charge is 0.481 e. The summed E-state index contributed by atoms with van der Waals surface area (Å²) in [6.45, 7) is 3.50. The van der Waals surface area contributed by atoms with Gasteiger partial charge in [0.2, 0.25) is 0 Å². The molecule has 0 heterocycles. The molecule has 0 spiro atoms. The number of carboxylic acid groups (broad SMARTS) is 1. The zero-order chi connectivity index (χ0) is 21.8. The van der Waals surface area contributed by atoms with Gasteiger partial charge in [0.15, 0.2) is 0 Å². The Kier molecular flexibility index (Phi) is 19.0. The Hall–Kier alpha value is -0.610. The monoisotopic (exact) mass is 414 g/mol. The molecule has 0 aromatic heterocycles. The van der Waals surface area contributed by atoms with Crippen LogP contribution in [-0.4, -0.2) is 54.0 Å². The molecule has 0 bridgehead atoms. The summed E-state index contributed by atoms with van der Waals surface area (Å²) in [6, 6.07) is 0. The second kappa shape index (κ2) is 19.4. The van der Waals surface area contributed by atoms with Gasteiger partial charge >= 0.3 is 5.97 Å². The molecule has 0 rings (SSSR count). The molecular weight excluding hydrogens is 362 g/mol. The zero-order valence-electron chi connectivity index (χ0n) is 20.0. The summed E-state index contributed by atoms with van der Waals surface area (Å²) in [4.78, 5) is 10.7. The third-order valence-electron chi connectivity index (χ3n) is 6.03. The number of aliphatic hydroxyl groups excluding tert-OH is 1. The third-order valence-corrected chi connectivity index (χ3v) is 6.03. The van der Waals surface area contributed by atoms with Gasteiger partial charge in [-0.1, -0.05) is 110 Å². The van der Waals surface area contributed by atoms with Crippen LogP contribution in [0.3, 0.4) is 0 Å². The van der Waals surface area contributed by atoms with Crippen LogP contribution in [0.5, 0.6) is 0 Å². The number of hydrogen-bond acceptors (Lipinski definition) is 2. The third kappa shape index (κ3) is 21.9. The second-order valence-electron chi connectivity index (χ2n) is 9.73. The minimum absolute atomic E-state index is 0.165. The van der Waals surface area contributed by atoms with Gasteiger partial charge in [-0.2, -0.15) is 0 Å². The highest BCUT2D eigenvalue weighted by atomic mass is 16.4. The summed E-state index contributed by atoms with van der Waals surface area (Å²) < 4.78 is 0.576. The maximum atomic E-state index is 10.7. The number of aliphatic hydroxyl groups is 1. The number of nitrogens with zero attached hydrogens (tertiary/aromatic N) is 1. The van der Waals surface area contributed by atoms with Crippen molar-refractivity contribution in [1.29, 1.82) is 0 Å². The number of rotatable bonds is 22. The summed E-state index contributed by atoms with van der Waals surface area (Å²) in [5.74, 6) is -0.761. The lowest BCUT2D eigenvalue weighted by atomic mass is 10.0. The minimum Gasteiger partial charge on any atom is -0.481 e. The molecule has 0 amide bonds. The smallest absolute Gasteiger partial charge is 0.309 e. The van der Waals surface area contributed by atoms with Gasteiger partial charge in [-0.05, 0) is 6.42 Å². The summed E-state index contributed by atoms with van der Waals surface area (Å²) in [6.07, 6.45) is 22.5. The van der Waals surface area contributed by atoms with Crippen LogP contribution in [0.1, 0.15) is 122 Å². The highest BCUT2D eigenvalue weighted by Gasteiger charge is 2.21. The molecule has 4 heteroatoms. The first-order chi connectivity index (χ1) is 13.9. The van der Waals surface area contributed by atoms with Crippen molar-refractivity contribution in [2.24, 2.45) is 0 Å². The van der Waals surface area contributed by atoms with E-state index in [0.717, 1.165) is 12.8 Å². The molecule has 0 aliphatic carbocycles. The SMILES string of the molecule is CCCCCCCCCCCCCCCCCCC(O)C[N+](C)(C)CCC(=O)O. The average Bonchev–Trinajstić information content (AvgIpc) is 2.66. The summed E-state index contributed by atoms with van der Waals surface area (Å²) >= 11 is 0. The molecule has 0 aromatic rings. The maximum Gasteiger partial charge on any atom is 0.309 e. The van der Waals surface area contributed by atoms with Crippen molar-refractivity contribution in [3.63, 3.8) is 0 Å². The van der Waals surface area contributed by atoms with Crippen LogP contribution in [0.4, 0.5) is 0 Å². The van der Waals surface area contributed by atoms with Crippen molar-refractivity contribution in [2.75, 3.05) is 27.2 Å². The van der Waals surface area contributed by atoms with E-state index >= 15 is 0 Å². The van der Waals surface area contributed by atoms with E-state index in [0.29, 0.717) is 17.6 Å². The molecule has 4 nitrogen and oxygen atoms in total. The number of carbonyl (C=O) groups is 1. The zero-order valence-corrected chi connectivity index (χ0v) is 20.0. The molecular formula is C25H52NO3+. The van der Waals surface area contributed by atoms with Crippen LogP contribution in [-0.2, 0) is 4.79 Å². The minimum atomic E-state index is -0.761. The van der Waals surface area contributed by atoms with Crippen molar-refractivity contribution in [2.45, 2.75) is 129 Å². The van der Waals surface area contributed by atoms with E-state index in [4.69, 9.17) is 5.11 Å². The summed E-state index contributed by atoms with van der Waals surface area (Å²) in [5.41, 5.74) is 0. The quantitative estimate of drug-likeness (QED) is 0.156. The molecule has 1 unspecified atom stereocenters. The van der Waals surface area contributed by atoms with Gasteiger partial charge in [-0.25, -0.2) is 0 Å². The number of hydrogen-bond donors (Lipinski definition) is 2. The summed E-state index contributed by atoms with van der Waals surface area (Å²) in [5, 5.41) is 19.0. The van der Waals surface area contributed by atoms with E-state index in [1.54, 1.807) is 0 Å². The fraction of sp³-hybridized carbons (Fsp3) is 0.960. The van der Waals surface area contributed by atoms with Gasteiger partial charge in [0.25, 0.3) is 0 Å². The molecule has 0 radical (unpaired) electrons. The van der Waals surface area contributed by atoms with E-state index in [2.05, 4.69) is 6.92 Å². The predicted octanol–water partition coefficient (Wildman–Crippen LogP) is 6.55. The van der Waals surface area contributed by atoms with Crippen LogP contribution >= 0.6 is 0 Å². The van der Waals surface area contributed by atoms with E-state index in [1.807, 2.05) is 14.1 Å². The van der Waals surface area contributed by atoms with Crippen LogP contribution in [0, 0.1) is 0 Å². The molecule has 29 heavy (non-hydrogen) atoms. The van der Waals surface area contributed by atoms with Crippen molar-refractivity contribution >= 4 is 5.97 Å². The molecule has 0 fully saturated rings. The fourth-order valence-electron chi connectivity index (χ4n) is 4.08. The first kappa shape index (κ1) is 28.4. The number of unbranched alkanes of at least 4 members (excludes halogenated alkanes) is 15. The Labute approximate surface area is 181 Å². The van der Waals surface area contributed by atoms with Gasteiger partial charge in [0.05, 0.1) is 27.1 Å². The van der Waals surface area contributed by atoms with Crippen molar-refractivity contribution in [1.82, 2.24) is 0 Å². The Morgan fingerprint density at radius 1 is 0.724 bits per heavy atom. The number of quaternary nitrogens is 1. The Morgan fingerprint density at radius 3 is 1.48 bits per heavy atom. The second-order valence-corrected chi connectivity index (χ2v) is 9.73. The Bertz CT molecular complexity index is 371. The van der Waals surface area contributed by atoms with Crippen molar-refractivity contribution in [3.8, 4) is 0 Å². The Balaban J connectivity index is 3.33. The molecule has 1 atom stereocenters. The first-order valence-corrected chi connectivity index (χ1v) is 12.6. The van der Waals surface area contributed by atoms with Gasteiger partial charge in [0.1, 0.15) is 12.6 Å². The molecule has 0 aliphatic heterocycles. The average molecular weight is 415 g/mol. The lowest BCUT2D eigenvalue weighted by Gasteiger charge is -2.31. The number of likely N-dealkylation sites (N-methyl/N-ethyl adjacent to an activating group) is 1. The molecule has 2 N–H and O–H groups in total. The van der Waals surface area contributed by atoms with E-state index in [9.17, 15) is 9.90 Å².